The molecular weight excluding hydrogens is 510 g/mol. The van der Waals surface area contributed by atoms with Gasteiger partial charge in [-0.25, -0.2) is 9.59 Å². The second-order valence-electron chi connectivity index (χ2n) is 8.49. The lowest BCUT2D eigenvalue weighted by atomic mass is 9.92. The minimum atomic E-state index is -1.66. The van der Waals surface area contributed by atoms with Crippen molar-refractivity contribution >= 4 is 30.2 Å². The Kier molecular flexibility index (Phi) is 9.03. The van der Waals surface area contributed by atoms with Crippen molar-refractivity contribution in [3.05, 3.63) is 76.9 Å². The number of benzene rings is 3. The van der Waals surface area contributed by atoms with Crippen molar-refractivity contribution in [3.63, 3.8) is 0 Å². The van der Waals surface area contributed by atoms with Crippen LogP contribution in [0, 0.1) is 0 Å². The Labute approximate surface area is 222 Å². The van der Waals surface area contributed by atoms with E-state index in [4.69, 9.17) is 4.74 Å². The Hall–Kier alpha value is -5.16. The average Bonchev–Trinajstić information content (AvgIpc) is 2.89. The van der Waals surface area contributed by atoms with Crippen LogP contribution in [0.5, 0.6) is 34.5 Å². The number of phenols is 6. The molecule has 3 aromatic carbocycles. The number of aliphatic carboxylic acids is 1. The number of ether oxygens (including phenoxy) is 1. The molecule has 0 saturated carbocycles. The predicted molar refractivity (Wildman–Crippen MR) is 141 cm³/mol. The minimum absolute atomic E-state index is 0.0613. The van der Waals surface area contributed by atoms with Gasteiger partial charge in [0.25, 0.3) is 0 Å². The number of carboxylic acid groups (broad SMARTS) is 1. The van der Waals surface area contributed by atoms with Crippen molar-refractivity contribution in [2.45, 2.75) is 12.0 Å². The second kappa shape index (κ2) is 12.4. The maximum absolute atomic E-state index is 12.6. The highest BCUT2D eigenvalue weighted by Crippen LogP contribution is 2.33. The quantitative estimate of drug-likeness (QED) is 0.0818. The first-order valence-electron chi connectivity index (χ1n) is 11.5. The van der Waals surface area contributed by atoms with Crippen molar-refractivity contribution < 1.29 is 50.1 Å². The van der Waals surface area contributed by atoms with E-state index in [0.717, 1.165) is 6.08 Å². The lowest BCUT2D eigenvalue weighted by Crippen LogP contribution is -2.37. The first kappa shape index (κ1) is 28.4. The predicted octanol–water partition coefficient (Wildman–Crippen LogP) is 3.10. The van der Waals surface area contributed by atoms with Gasteiger partial charge in [0, 0.05) is 18.5 Å². The molecule has 0 spiro atoms. The van der Waals surface area contributed by atoms with E-state index < -0.39 is 47.0 Å². The average molecular weight is 538 g/mol. The molecule has 204 valence electrons. The number of aromatic hydroxyl groups is 6. The highest BCUT2D eigenvalue weighted by atomic mass is 16.6. The number of carbonyl (C=O) groups is 2. The Morgan fingerprint density at radius 2 is 1.33 bits per heavy atom. The fraction of sp³-hybridized carbons (Fsp3) is 0.143. The Bertz CT molecular complexity index is 1430. The van der Waals surface area contributed by atoms with E-state index in [1.54, 1.807) is 13.1 Å². The summed E-state index contributed by atoms with van der Waals surface area (Å²) in [5.41, 5.74) is 1.43. The number of nitrogens with one attached hydrogen (secondary N) is 1. The van der Waals surface area contributed by atoms with Crippen LogP contribution in [-0.4, -0.2) is 67.4 Å². The maximum atomic E-state index is 12.6. The monoisotopic (exact) mass is 537 g/mol. The molecule has 39 heavy (non-hydrogen) atoms. The third-order valence-corrected chi connectivity index (χ3v) is 5.74. The summed E-state index contributed by atoms with van der Waals surface area (Å²) in [5, 5.41) is 71.0. The van der Waals surface area contributed by atoms with Crippen LogP contribution in [-0.2, 0) is 14.3 Å². The molecule has 0 saturated heterocycles. The molecule has 0 unspecified atom stereocenters. The van der Waals surface area contributed by atoms with Crippen molar-refractivity contribution in [1.29, 1.82) is 0 Å². The van der Waals surface area contributed by atoms with Crippen LogP contribution in [0.2, 0.25) is 0 Å². The lowest BCUT2D eigenvalue weighted by Gasteiger charge is -2.24. The van der Waals surface area contributed by atoms with Crippen molar-refractivity contribution in [2.75, 3.05) is 13.6 Å². The van der Waals surface area contributed by atoms with Gasteiger partial charge in [0.1, 0.15) is 0 Å². The van der Waals surface area contributed by atoms with Crippen LogP contribution in [0.3, 0.4) is 0 Å². The second-order valence-corrected chi connectivity index (χ2v) is 8.49. The van der Waals surface area contributed by atoms with E-state index in [9.17, 15) is 45.3 Å². The molecule has 0 aromatic heterocycles. The van der Waals surface area contributed by atoms with Crippen LogP contribution in [0.4, 0.5) is 0 Å². The van der Waals surface area contributed by atoms with Crippen molar-refractivity contribution in [2.24, 2.45) is 0 Å². The number of hydrogen-bond donors (Lipinski definition) is 8. The highest BCUT2D eigenvalue weighted by Gasteiger charge is 2.33. The third-order valence-electron chi connectivity index (χ3n) is 5.74. The molecule has 3 rings (SSSR count). The molecular formula is C28H27NO10. The molecule has 0 bridgehead atoms. The van der Waals surface area contributed by atoms with Gasteiger partial charge in [0.2, 0.25) is 6.10 Å². The normalized spacial score (nSPS) is 12.9. The summed E-state index contributed by atoms with van der Waals surface area (Å²) in [4.78, 5) is 24.6. The van der Waals surface area contributed by atoms with Gasteiger partial charge in [0.15, 0.2) is 34.5 Å². The Balaban J connectivity index is 1.86. The summed E-state index contributed by atoms with van der Waals surface area (Å²) in [6.07, 6.45) is 3.63. The minimum Gasteiger partial charge on any atom is -0.504 e. The van der Waals surface area contributed by atoms with Crippen LogP contribution >= 0.6 is 0 Å². The van der Waals surface area contributed by atoms with Gasteiger partial charge in [-0.15, -0.1) is 0 Å². The molecule has 0 amide bonds. The first-order chi connectivity index (χ1) is 18.5. The zero-order valence-electron chi connectivity index (χ0n) is 20.6. The fourth-order valence-corrected chi connectivity index (χ4v) is 3.75. The van der Waals surface area contributed by atoms with Crippen molar-refractivity contribution in [1.82, 2.24) is 5.32 Å². The topological polar surface area (TPSA) is 197 Å². The molecule has 3 aromatic rings. The summed E-state index contributed by atoms with van der Waals surface area (Å²) in [6.45, 7) is 0.0613. The molecule has 2 atom stereocenters. The van der Waals surface area contributed by atoms with Gasteiger partial charge < -0.3 is 45.8 Å². The van der Waals surface area contributed by atoms with Crippen LogP contribution in [0.15, 0.2) is 54.6 Å². The zero-order chi connectivity index (χ0) is 28.7. The maximum Gasteiger partial charge on any atom is 0.345 e. The number of hydrogen-bond acceptors (Lipinski definition) is 10. The van der Waals surface area contributed by atoms with Crippen LogP contribution < -0.4 is 5.32 Å². The van der Waals surface area contributed by atoms with Gasteiger partial charge in [-0.05, 0) is 71.8 Å². The van der Waals surface area contributed by atoms with Gasteiger partial charge >= 0.3 is 11.9 Å². The number of rotatable bonds is 10. The van der Waals surface area contributed by atoms with E-state index in [1.165, 1.54) is 60.7 Å². The van der Waals surface area contributed by atoms with Gasteiger partial charge in [0.05, 0.1) is 0 Å². The largest absolute Gasteiger partial charge is 0.504 e. The molecule has 0 aliphatic heterocycles. The lowest BCUT2D eigenvalue weighted by molar-refractivity contribution is -0.162. The number of carboxylic acids is 1. The SMILES string of the molecule is CNC[C@@H](c1ccc(O)c(O)c1)[C@@H](OC(=O)/C=C/c1cc(O)c(O)cc1/C=C/c1ccc(O)c(O)c1)C(=O)O. The van der Waals surface area contributed by atoms with Gasteiger partial charge in [-0.3, -0.25) is 0 Å². The van der Waals surface area contributed by atoms with E-state index in [-0.39, 0.29) is 23.6 Å². The van der Waals surface area contributed by atoms with E-state index in [2.05, 4.69) is 5.32 Å². The Morgan fingerprint density at radius 1 is 0.769 bits per heavy atom. The molecule has 0 heterocycles. The molecule has 8 N–H and O–H groups in total. The zero-order valence-corrected chi connectivity index (χ0v) is 20.6. The smallest absolute Gasteiger partial charge is 0.345 e. The summed E-state index contributed by atoms with van der Waals surface area (Å²) < 4.78 is 5.23. The van der Waals surface area contributed by atoms with Gasteiger partial charge in [-0.2, -0.15) is 0 Å². The number of esters is 1. The molecule has 0 aliphatic rings. The van der Waals surface area contributed by atoms with Crippen LogP contribution in [0.1, 0.15) is 28.2 Å². The number of carbonyl (C=O) groups excluding carboxylic acids is 1. The third kappa shape index (κ3) is 7.21. The summed E-state index contributed by atoms with van der Waals surface area (Å²) >= 11 is 0. The fourth-order valence-electron chi connectivity index (χ4n) is 3.75. The molecule has 11 nitrogen and oxygen atoms in total. The van der Waals surface area contributed by atoms with Crippen molar-refractivity contribution in [3.8, 4) is 34.5 Å². The first-order valence-corrected chi connectivity index (χ1v) is 11.5. The molecule has 11 heteroatoms. The van der Waals surface area contributed by atoms with Crippen LogP contribution in [0.25, 0.3) is 18.2 Å². The highest BCUT2D eigenvalue weighted by molar-refractivity contribution is 5.91. The number of phenolic OH excluding ortho intramolecular Hbond substituents is 6. The van der Waals surface area contributed by atoms with Gasteiger partial charge in [-0.1, -0.05) is 24.3 Å². The summed E-state index contributed by atoms with van der Waals surface area (Å²) in [5.74, 6) is -5.75. The summed E-state index contributed by atoms with van der Waals surface area (Å²) in [6, 6.07) is 10.3. The van der Waals surface area contributed by atoms with E-state index in [1.807, 2.05) is 0 Å². The Morgan fingerprint density at radius 3 is 1.90 bits per heavy atom. The molecule has 0 fully saturated rings. The summed E-state index contributed by atoms with van der Waals surface area (Å²) in [7, 11) is 1.57. The standard InChI is InChI=1S/C28H27NO10/c1-29-14-19(18-5-8-21(31)23(33)13-18)27(28(37)38)39-26(36)9-6-17-12-25(35)24(34)11-16(17)4-2-15-3-7-20(30)22(32)10-15/h2-13,19,27,29-35H,14H2,1H3,(H,37,38)/b4-2+,9-6+/t19-,27+/m0/s1. The van der Waals surface area contributed by atoms with E-state index in [0.29, 0.717) is 16.7 Å². The van der Waals surface area contributed by atoms with E-state index >= 15 is 0 Å². The number of likely N-dealkylation sites (N-methyl/N-ethyl adjacent to an activating group) is 1. The molecule has 0 radical (unpaired) electrons. The molecule has 0 aliphatic carbocycles.